The number of rotatable bonds is 14. The molecule has 0 aromatic heterocycles. The zero-order valence-electron chi connectivity index (χ0n) is 23.9. The maximum atomic E-state index is 13.9. The van der Waals surface area contributed by atoms with Crippen molar-refractivity contribution in [3.05, 3.63) is 99.0 Å². The average molecular weight is 653 g/mol. The highest BCUT2D eigenvalue weighted by molar-refractivity contribution is 7.92. The fraction of sp³-hybridized carbons (Fsp3) is 0.355. The summed E-state index contributed by atoms with van der Waals surface area (Å²) in [5.41, 5.74) is 1.84. The molecule has 0 heterocycles. The lowest BCUT2D eigenvalue weighted by molar-refractivity contribution is -0.141. The zero-order valence-corrected chi connectivity index (χ0v) is 27.0. The average Bonchev–Trinajstić information content (AvgIpc) is 2.95. The van der Waals surface area contributed by atoms with E-state index in [4.69, 9.17) is 34.8 Å². The van der Waals surface area contributed by atoms with Crippen LogP contribution in [0.15, 0.2) is 72.8 Å². The maximum Gasteiger partial charge on any atom is 0.243 e. The number of carbonyl (C=O) groups excluding carboxylic acids is 2. The van der Waals surface area contributed by atoms with E-state index < -0.39 is 16.1 Å². The van der Waals surface area contributed by atoms with Gasteiger partial charge in [-0.15, -0.1) is 0 Å². The molecular weight excluding hydrogens is 617 g/mol. The van der Waals surface area contributed by atoms with Crippen LogP contribution in [0, 0.1) is 0 Å². The van der Waals surface area contributed by atoms with Gasteiger partial charge in [-0.1, -0.05) is 90.3 Å². The Morgan fingerprint density at radius 1 is 0.929 bits per heavy atom. The molecule has 0 aliphatic carbocycles. The van der Waals surface area contributed by atoms with Crippen LogP contribution in [0.1, 0.15) is 44.2 Å². The highest BCUT2D eigenvalue weighted by Gasteiger charge is 2.31. The Bertz CT molecular complexity index is 1470. The van der Waals surface area contributed by atoms with Gasteiger partial charge in [0.15, 0.2) is 0 Å². The molecule has 0 bridgehead atoms. The van der Waals surface area contributed by atoms with E-state index in [1.807, 2.05) is 56.3 Å². The van der Waals surface area contributed by atoms with Crippen LogP contribution in [-0.4, -0.2) is 50.0 Å². The predicted octanol–water partition coefficient (Wildman–Crippen LogP) is 6.75. The largest absolute Gasteiger partial charge is 0.352 e. The number of nitrogens with one attached hydrogen (secondary N) is 1. The van der Waals surface area contributed by atoms with Gasteiger partial charge in [0.05, 0.1) is 17.0 Å². The molecule has 7 nitrogen and oxygen atoms in total. The van der Waals surface area contributed by atoms with E-state index in [0.29, 0.717) is 22.0 Å². The molecule has 2 unspecified atom stereocenters. The lowest BCUT2D eigenvalue weighted by Crippen LogP contribution is -2.52. The lowest BCUT2D eigenvalue weighted by atomic mass is 10.0. The maximum absolute atomic E-state index is 13.9. The second-order valence-corrected chi connectivity index (χ2v) is 13.3. The van der Waals surface area contributed by atoms with E-state index in [0.717, 1.165) is 22.5 Å². The minimum absolute atomic E-state index is 0.00696. The molecule has 0 saturated heterocycles. The number of hydrogen-bond acceptors (Lipinski definition) is 4. The summed E-state index contributed by atoms with van der Waals surface area (Å²) >= 11 is 18.9. The summed E-state index contributed by atoms with van der Waals surface area (Å²) in [4.78, 5) is 29.1. The Kier molecular flexibility index (Phi) is 12.5. The van der Waals surface area contributed by atoms with Gasteiger partial charge < -0.3 is 10.2 Å². The minimum atomic E-state index is -3.73. The van der Waals surface area contributed by atoms with Crippen molar-refractivity contribution in [3.63, 3.8) is 0 Å². The first-order valence-corrected chi connectivity index (χ1v) is 16.7. The fourth-order valence-corrected chi connectivity index (χ4v) is 6.07. The lowest BCUT2D eigenvalue weighted by Gasteiger charge is -2.33. The molecule has 0 radical (unpaired) electrons. The smallest absolute Gasteiger partial charge is 0.243 e. The Balaban J connectivity index is 1.92. The second kappa shape index (κ2) is 15.6. The number of hydrogen-bond donors (Lipinski definition) is 1. The van der Waals surface area contributed by atoms with E-state index in [9.17, 15) is 18.0 Å². The topological polar surface area (TPSA) is 86.8 Å². The highest BCUT2D eigenvalue weighted by atomic mass is 35.5. The Hall–Kier alpha value is -2.78. The molecule has 0 spiro atoms. The molecule has 2 atom stereocenters. The van der Waals surface area contributed by atoms with Gasteiger partial charge in [-0.3, -0.25) is 13.9 Å². The van der Waals surface area contributed by atoms with Gasteiger partial charge in [0, 0.05) is 42.0 Å². The van der Waals surface area contributed by atoms with Crippen LogP contribution in [0.2, 0.25) is 15.1 Å². The van der Waals surface area contributed by atoms with Crippen LogP contribution >= 0.6 is 34.8 Å². The summed E-state index contributed by atoms with van der Waals surface area (Å²) in [6.45, 7) is 3.99. The van der Waals surface area contributed by atoms with Crippen LogP contribution in [-0.2, 0) is 32.6 Å². The summed E-state index contributed by atoms with van der Waals surface area (Å²) in [5.74, 6) is -0.571. The number of anilines is 1. The van der Waals surface area contributed by atoms with Gasteiger partial charge in [-0.25, -0.2) is 8.42 Å². The molecule has 3 rings (SSSR count). The van der Waals surface area contributed by atoms with Crippen LogP contribution < -0.4 is 9.62 Å². The number of benzene rings is 3. The molecule has 226 valence electrons. The summed E-state index contributed by atoms with van der Waals surface area (Å²) in [6, 6.07) is 20.4. The van der Waals surface area contributed by atoms with Crippen molar-refractivity contribution in [2.45, 2.75) is 58.2 Å². The molecule has 0 aliphatic rings. The Labute approximate surface area is 263 Å². The van der Waals surface area contributed by atoms with E-state index in [1.54, 1.807) is 23.1 Å². The third-order valence-corrected chi connectivity index (χ3v) is 9.00. The monoisotopic (exact) mass is 651 g/mol. The molecule has 1 N–H and O–H groups in total. The van der Waals surface area contributed by atoms with Crippen molar-refractivity contribution < 1.29 is 18.0 Å². The van der Waals surface area contributed by atoms with Gasteiger partial charge in [0.2, 0.25) is 21.8 Å². The van der Waals surface area contributed by atoms with Crippen molar-refractivity contribution >= 4 is 62.3 Å². The summed E-state index contributed by atoms with van der Waals surface area (Å²) in [6.07, 6.45) is 2.27. The summed E-state index contributed by atoms with van der Waals surface area (Å²) in [7, 11) is -3.73. The first kappa shape index (κ1) is 33.7. The minimum Gasteiger partial charge on any atom is -0.352 e. The molecule has 3 aromatic carbocycles. The quantitative estimate of drug-likeness (QED) is 0.209. The molecule has 0 fully saturated rings. The second-order valence-electron chi connectivity index (χ2n) is 10.2. The number of carbonyl (C=O) groups is 2. The normalized spacial score (nSPS) is 12.8. The molecule has 42 heavy (non-hydrogen) atoms. The third kappa shape index (κ3) is 9.63. The molecule has 0 aliphatic heterocycles. The van der Waals surface area contributed by atoms with Crippen molar-refractivity contribution in [2.75, 3.05) is 17.1 Å². The van der Waals surface area contributed by atoms with E-state index in [1.165, 1.54) is 12.1 Å². The number of amides is 2. The van der Waals surface area contributed by atoms with Crippen molar-refractivity contribution in [1.82, 2.24) is 10.2 Å². The standard InChI is InChI=1S/C31H36Cl3N3O4S/c1-4-22(2)35-31(39)29(19-23-11-6-5-7-12-23)36(21-24-13-8-9-14-26(24)33)30(38)15-10-18-37(42(3,40)41)28-20-25(32)16-17-27(28)34/h5-9,11-14,16-17,20,22,29H,4,10,15,18-19,21H2,1-3H3,(H,35,39). The molecular formula is C31H36Cl3N3O4S. The van der Waals surface area contributed by atoms with Crippen molar-refractivity contribution in [3.8, 4) is 0 Å². The van der Waals surface area contributed by atoms with Gasteiger partial charge in [0.1, 0.15) is 6.04 Å². The zero-order chi connectivity index (χ0) is 30.9. The first-order valence-electron chi connectivity index (χ1n) is 13.7. The predicted molar refractivity (Wildman–Crippen MR) is 172 cm³/mol. The fourth-order valence-electron chi connectivity index (χ4n) is 4.46. The third-order valence-electron chi connectivity index (χ3n) is 6.90. The Morgan fingerprint density at radius 3 is 2.24 bits per heavy atom. The van der Waals surface area contributed by atoms with Crippen LogP contribution in [0.4, 0.5) is 5.69 Å². The van der Waals surface area contributed by atoms with E-state index >= 15 is 0 Å². The van der Waals surface area contributed by atoms with Crippen LogP contribution in [0.25, 0.3) is 0 Å². The molecule has 11 heteroatoms. The molecule has 3 aromatic rings. The van der Waals surface area contributed by atoms with Crippen LogP contribution in [0.3, 0.4) is 0 Å². The number of sulfonamides is 1. The first-order chi connectivity index (χ1) is 19.9. The SMILES string of the molecule is CCC(C)NC(=O)C(Cc1ccccc1)N(Cc1ccccc1Cl)C(=O)CCCN(c1cc(Cl)ccc1Cl)S(C)(=O)=O. The van der Waals surface area contributed by atoms with E-state index in [-0.39, 0.29) is 54.5 Å². The van der Waals surface area contributed by atoms with Gasteiger partial charge >= 0.3 is 0 Å². The van der Waals surface area contributed by atoms with Crippen molar-refractivity contribution in [2.24, 2.45) is 0 Å². The number of halogens is 3. The highest BCUT2D eigenvalue weighted by Crippen LogP contribution is 2.31. The van der Waals surface area contributed by atoms with Gasteiger partial charge in [-0.2, -0.15) is 0 Å². The summed E-state index contributed by atoms with van der Waals surface area (Å²) < 4.78 is 26.5. The van der Waals surface area contributed by atoms with Crippen LogP contribution in [0.5, 0.6) is 0 Å². The van der Waals surface area contributed by atoms with Crippen molar-refractivity contribution in [1.29, 1.82) is 0 Å². The van der Waals surface area contributed by atoms with E-state index in [2.05, 4.69) is 5.32 Å². The van der Waals surface area contributed by atoms with Gasteiger partial charge in [0.25, 0.3) is 0 Å². The summed E-state index contributed by atoms with van der Waals surface area (Å²) in [5, 5.41) is 4.07. The molecule has 0 saturated carbocycles. The molecule has 2 amide bonds. The number of nitrogens with zero attached hydrogens (tertiary/aromatic N) is 2. The van der Waals surface area contributed by atoms with Gasteiger partial charge in [-0.05, 0) is 55.2 Å². The Morgan fingerprint density at radius 2 is 1.60 bits per heavy atom.